The van der Waals surface area contributed by atoms with Crippen LogP contribution in [0.3, 0.4) is 0 Å². The Morgan fingerprint density at radius 3 is 2.81 bits per heavy atom. The van der Waals surface area contributed by atoms with Crippen LogP contribution in [0.25, 0.3) is 5.65 Å². The van der Waals surface area contributed by atoms with Crippen LogP contribution in [0, 0.1) is 5.82 Å². The fourth-order valence-corrected chi connectivity index (χ4v) is 3.61. The number of pyridine rings is 1. The number of hydrogen-bond donors (Lipinski definition) is 0. The molecule has 1 saturated heterocycles. The average molecular weight is 388 g/mol. The molecule has 6 nitrogen and oxygen atoms in total. The van der Waals surface area contributed by atoms with Crippen LogP contribution in [-0.2, 0) is 11.2 Å². The third-order valence-electron chi connectivity index (χ3n) is 4.82. The summed E-state index contributed by atoms with van der Waals surface area (Å²) in [6.07, 6.45) is 2.70. The number of aromatic nitrogens is 3. The van der Waals surface area contributed by atoms with Gasteiger partial charge in [-0.25, -0.2) is 4.39 Å². The molecule has 3 heterocycles. The van der Waals surface area contributed by atoms with Gasteiger partial charge < -0.3 is 9.80 Å². The summed E-state index contributed by atoms with van der Waals surface area (Å²) in [4.78, 5) is 16.6. The fourth-order valence-electron chi connectivity index (χ4n) is 3.38. The maximum atomic E-state index is 14.0. The van der Waals surface area contributed by atoms with E-state index in [1.165, 1.54) is 6.07 Å². The maximum Gasteiger partial charge on any atom is 0.231 e. The van der Waals surface area contributed by atoms with Crippen molar-refractivity contribution < 1.29 is 9.18 Å². The Balaban J connectivity index is 1.46. The van der Waals surface area contributed by atoms with Gasteiger partial charge in [0.2, 0.25) is 11.9 Å². The van der Waals surface area contributed by atoms with Crippen molar-refractivity contribution in [3.05, 3.63) is 59.0 Å². The van der Waals surface area contributed by atoms with E-state index in [2.05, 4.69) is 15.1 Å². The normalized spacial score (nSPS) is 15.2. The van der Waals surface area contributed by atoms with Gasteiger partial charge in [0.25, 0.3) is 0 Å². The van der Waals surface area contributed by atoms with Gasteiger partial charge in [-0.15, -0.1) is 10.2 Å². The van der Waals surface area contributed by atoms with E-state index in [1.807, 2.05) is 28.8 Å². The van der Waals surface area contributed by atoms with E-state index in [9.17, 15) is 9.18 Å². The largest absolute Gasteiger partial charge is 0.341 e. The van der Waals surface area contributed by atoms with E-state index in [4.69, 9.17) is 11.6 Å². The Morgan fingerprint density at radius 2 is 1.96 bits per heavy atom. The average Bonchev–Trinajstić information content (AvgIpc) is 2.94. The van der Waals surface area contributed by atoms with Crippen LogP contribution in [-0.4, -0.2) is 51.6 Å². The number of nitrogens with zero attached hydrogens (tertiary/aromatic N) is 5. The number of carbonyl (C=O) groups excluding carboxylic acids is 1. The van der Waals surface area contributed by atoms with Crippen LogP contribution in [0.1, 0.15) is 12.0 Å². The van der Waals surface area contributed by atoms with Crippen LogP contribution in [0.5, 0.6) is 0 Å². The molecular weight excluding hydrogens is 369 g/mol. The van der Waals surface area contributed by atoms with Gasteiger partial charge >= 0.3 is 0 Å². The second-order valence-electron chi connectivity index (χ2n) is 6.53. The number of anilines is 1. The highest BCUT2D eigenvalue weighted by Crippen LogP contribution is 2.21. The lowest BCUT2D eigenvalue weighted by Gasteiger charge is -2.22. The Kier molecular flexibility index (Phi) is 4.94. The number of amides is 1. The monoisotopic (exact) mass is 387 g/mol. The van der Waals surface area contributed by atoms with Crippen molar-refractivity contribution in [1.82, 2.24) is 19.5 Å². The summed E-state index contributed by atoms with van der Waals surface area (Å²) in [7, 11) is 0. The Bertz CT molecular complexity index is 955. The third-order valence-corrected chi connectivity index (χ3v) is 5.17. The lowest BCUT2D eigenvalue weighted by atomic mass is 10.1. The van der Waals surface area contributed by atoms with E-state index in [1.54, 1.807) is 17.0 Å². The minimum absolute atomic E-state index is 0.0284. The summed E-state index contributed by atoms with van der Waals surface area (Å²) >= 11 is 6.05. The predicted octanol–water partition coefficient (Wildman–Crippen LogP) is 2.80. The van der Waals surface area contributed by atoms with Gasteiger partial charge in [-0.3, -0.25) is 9.20 Å². The molecule has 0 bridgehead atoms. The minimum Gasteiger partial charge on any atom is -0.341 e. The molecule has 0 atom stereocenters. The molecule has 0 saturated carbocycles. The van der Waals surface area contributed by atoms with Gasteiger partial charge in [-0.2, -0.15) is 0 Å². The summed E-state index contributed by atoms with van der Waals surface area (Å²) in [6.45, 7) is 2.59. The molecule has 1 amide bonds. The molecule has 8 heteroatoms. The summed E-state index contributed by atoms with van der Waals surface area (Å²) < 4.78 is 15.9. The first kappa shape index (κ1) is 17.7. The SMILES string of the molecule is O=C(Cc1c(F)cccc1Cl)N1CCCN(c2nnc3ccccn23)CC1. The molecule has 3 aromatic rings. The molecule has 4 rings (SSSR count). The molecule has 0 radical (unpaired) electrons. The van der Waals surface area contributed by atoms with Crippen molar-refractivity contribution in [2.45, 2.75) is 12.8 Å². The second-order valence-corrected chi connectivity index (χ2v) is 6.93. The molecule has 1 aliphatic rings. The zero-order chi connectivity index (χ0) is 18.8. The predicted molar refractivity (Wildman–Crippen MR) is 102 cm³/mol. The van der Waals surface area contributed by atoms with Crippen molar-refractivity contribution >= 4 is 29.1 Å². The molecule has 27 heavy (non-hydrogen) atoms. The molecule has 0 spiro atoms. The number of benzene rings is 1. The molecule has 1 aromatic carbocycles. The maximum absolute atomic E-state index is 14.0. The summed E-state index contributed by atoms with van der Waals surface area (Å²) in [5.41, 5.74) is 1.05. The van der Waals surface area contributed by atoms with Crippen molar-refractivity contribution in [3.63, 3.8) is 0 Å². The zero-order valence-electron chi connectivity index (χ0n) is 14.7. The molecule has 2 aromatic heterocycles. The number of rotatable bonds is 3. The number of fused-ring (bicyclic) bond motifs is 1. The summed E-state index contributed by atoms with van der Waals surface area (Å²) in [5.74, 6) is 0.217. The third kappa shape index (κ3) is 3.60. The van der Waals surface area contributed by atoms with E-state index in [0.717, 1.165) is 24.6 Å². The highest BCUT2D eigenvalue weighted by Gasteiger charge is 2.23. The fraction of sp³-hybridized carbons (Fsp3) is 0.316. The van der Waals surface area contributed by atoms with Gasteiger partial charge in [0.15, 0.2) is 5.65 Å². The van der Waals surface area contributed by atoms with E-state index >= 15 is 0 Å². The van der Waals surface area contributed by atoms with Crippen molar-refractivity contribution in [2.24, 2.45) is 0 Å². The van der Waals surface area contributed by atoms with Gasteiger partial charge in [0, 0.05) is 43.0 Å². The van der Waals surface area contributed by atoms with Crippen molar-refractivity contribution in [1.29, 1.82) is 0 Å². The van der Waals surface area contributed by atoms with Crippen LogP contribution in [0.4, 0.5) is 10.3 Å². The molecule has 0 unspecified atom stereocenters. The lowest BCUT2D eigenvalue weighted by Crippen LogP contribution is -2.36. The molecule has 0 N–H and O–H groups in total. The number of halogens is 2. The summed E-state index contributed by atoms with van der Waals surface area (Å²) in [6, 6.07) is 10.2. The number of hydrogen-bond acceptors (Lipinski definition) is 4. The molecule has 140 valence electrons. The van der Waals surface area contributed by atoms with E-state index < -0.39 is 5.82 Å². The highest BCUT2D eigenvalue weighted by atomic mass is 35.5. The first-order chi connectivity index (χ1) is 13.1. The van der Waals surface area contributed by atoms with Crippen LogP contribution >= 0.6 is 11.6 Å². The quantitative estimate of drug-likeness (QED) is 0.693. The Hall–Kier alpha value is -2.67. The minimum atomic E-state index is -0.442. The van der Waals surface area contributed by atoms with Crippen molar-refractivity contribution in [3.8, 4) is 0 Å². The van der Waals surface area contributed by atoms with Crippen LogP contribution in [0.15, 0.2) is 42.6 Å². The first-order valence-electron chi connectivity index (χ1n) is 8.89. The summed E-state index contributed by atoms with van der Waals surface area (Å²) in [5, 5.41) is 8.76. The second kappa shape index (κ2) is 7.52. The van der Waals surface area contributed by atoms with Gasteiger partial charge in [-0.05, 0) is 30.7 Å². The van der Waals surface area contributed by atoms with Crippen molar-refractivity contribution in [2.75, 3.05) is 31.1 Å². The zero-order valence-corrected chi connectivity index (χ0v) is 15.4. The standard InChI is InChI=1S/C19H19ClFN5O/c20-15-5-3-6-16(21)14(15)13-18(27)24-8-4-9-25(12-11-24)19-23-22-17-7-1-2-10-26(17)19/h1-3,5-7,10H,4,8-9,11-13H2. The van der Waals surface area contributed by atoms with E-state index in [0.29, 0.717) is 19.6 Å². The first-order valence-corrected chi connectivity index (χ1v) is 9.26. The lowest BCUT2D eigenvalue weighted by molar-refractivity contribution is -0.130. The molecule has 1 aliphatic heterocycles. The van der Waals surface area contributed by atoms with E-state index in [-0.39, 0.29) is 22.9 Å². The van der Waals surface area contributed by atoms with Gasteiger partial charge in [-0.1, -0.05) is 23.7 Å². The smallest absolute Gasteiger partial charge is 0.231 e. The Morgan fingerprint density at radius 1 is 1.07 bits per heavy atom. The topological polar surface area (TPSA) is 53.7 Å². The van der Waals surface area contributed by atoms with Crippen LogP contribution in [0.2, 0.25) is 5.02 Å². The molecule has 0 aliphatic carbocycles. The molecule has 1 fully saturated rings. The highest BCUT2D eigenvalue weighted by molar-refractivity contribution is 6.31. The Labute approximate surface area is 161 Å². The van der Waals surface area contributed by atoms with Gasteiger partial charge in [0.05, 0.1) is 6.42 Å². The van der Waals surface area contributed by atoms with Gasteiger partial charge in [0.1, 0.15) is 5.82 Å². The number of carbonyl (C=O) groups is 1. The molecular formula is C19H19ClFN5O. The van der Waals surface area contributed by atoms with Crippen LogP contribution < -0.4 is 4.90 Å².